The Balaban J connectivity index is 0.000000187. The molecule has 2 aliphatic rings. The fourth-order valence-corrected chi connectivity index (χ4v) is 4.58. The first kappa shape index (κ1) is 25.9. The first-order valence-electron chi connectivity index (χ1n) is 11.7. The highest BCUT2D eigenvalue weighted by atomic mass is 19.4. The number of H-pyrrole nitrogens is 1. The Bertz CT molecular complexity index is 1200. The molecular weight excluding hydrogens is 481 g/mol. The Morgan fingerprint density at radius 1 is 1.17 bits per heavy atom. The fraction of sp³-hybridized carbons (Fsp3) is 0.423. The smallest absolute Gasteiger partial charge is 0.416 e. The largest absolute Gasteiger partial charge is 0.508 e. The van der Waals surface area contributed by atoms with Gasteiger partial charge in [-0.1, -0.05) is 18.6 Å². The second-order valence-electron chi connectivity index (χ2n) is 9.76. The Kier molecular flexibility index (Phi) is 7.26. The van der Waals surface area contributed by atoms with Crippen molar-refractivity contribution in [1.29, 1.82) is 0 Å². The first-order chi connectivity index (χ1) is 16.9. The number of alkyl halides is 5. The van der Waals surface area contributed by atoms with Gasteiger partial charge in [0, 0.05) is 30.2 Å². The number of rotatable bonds is 5. The third-order valence-electron chi connectivity index (χ3n) is 6.82. The summed E-state index contributed by atoms with van der Waals surface area (Å²) in [7, 11) is 0. The number of nitrogens with one attached hydrogen (secondary N) is 2. The number of carbonyl (C=O) groups excluding carboxylic acids is 1. The number of anilines is 1. The van der Waals surface area contributed by atoms with Gasteiger partial charge in [-0.25, -0.2) is 8.78 Å². The van der Waals surface area contributed by atoms with Crippen LogP contribution in [0.1, 0.15) is 43.2 Å². The molecule has 1 aliphatic heterocycles. The van der Waals surface area contributed by atoms with Crippen LogP contribution in [-0.2, 0) is 11.0 Å². The van der Waals surface area contributed by atoms with Crippen molar-refractivity contribution < 1.29 is 31.9 Å². The number of fused-ring (bicyclic) bond motifs is 1. The third kappa shape index (κ3) is 5.80. The summed E-state index contributed by atoms with van der Waals surface area (Å²) in [6.07, 6.45) is -1.51. The van der Waals surface area contributed by atoms with Gasteiger partial charge in [0.25, 0.3) is 6.43 Å². The molecule has 0 radical (unpaired) electrons. The summed E-state index contributed by atoms with van der Waals surface area (Å²) in [6.45, 7) is 2.09. The number of hydrogen-bond donors (Lipinski definition) is 3. The summed E-state index contributed by atoms with van der Waals surface area (Å²) in [6, 6.07) is 10.4. The average molecular weight is 510 g/mol. The predicted octanol–water partition coefficient (Wildman–Crippen LogP) is 6.37. The zero-order chi connectivity index (χ0) is 26.1. The molecule has 0 spiro atoms. The molecular formula is C26H28F5N3O2. The van der Waals surface area contributed by atoms with Crippen LogP contribution in [0.25, 0.3) is 10.9 Å². The minimum Gasteiger partial charge on any atom is -0.508 e. The summed E-state index contributed by atoms with van der Waals surface area (Å²) >= 11 is 0. The Hall–Kier alpha value is -3.14. The molecule has 2 fully saturated rings. The summed E-state index contributed by atoms with van der Waals surface area (Å²) < 4.78 is 61.3. The maximum absolute atomic E-state index is 12.4. The van der Waals surface area contributed by atoms with Gasteiger partial charge in [-0.15, -0.1) is 0 Å². The van der Waals surface area contributed by atoms with Crippen molar-refractivity contribution >= 4 is 22.5 Å². The number of aromatic hydroxyl groups is 1. The average Bonchev–Trinajstić information content (AvgIpc) is 3.13. The van der Waals surface area contributed by atoms with Gasteiger partial charge in [0.2, 0.25) is 5.91 Å². The second kappa shape index (κ2) is 10.1. The normalized spacial score (nSPS) is 17.8. The van der Waals surface area contributed by atoms with Crippen LogP contribution in [0.2, 0.25) is 0 Å². The third-order valence-corrected chi connectivity index (χ3v) is 6.82. The number of aromatic amines is 1. The lowest BCUT2D eigenvalue weighted by molar-refractivity contribution is -0.137. The van der Waals surface area contributed by atoms with Crippen LogP contribution in [0.15, 0.2) is 48.7 Å². The van der Waals surface area contributed by atoms with E-state index >= 15 is 0 Å². The fourth-order valence-electron chi connectivity index (χ4n) is 4.58. The van der Waals surface area contributed by atoms with Crippen LogP contribution in [-0.4, -0.2) is 47.0 Å². The predicted molar refractivity (Wildman–Crippen MR) is 127 cm³/mol. The highest BCUT2D eigenvalue weighted by molar-refractivity contribution is 6.04. The van der Waals surface area contributed by atoms with Gasteiger partial charge >= 0.3 is 6.18 Å². The molecule has 2 heterocycles. The van der Waals surface area contributed by atoms with Crippen molar-refractivity contribution in [2.24, 2.45) is 5.41 Å². The minimum atomic E-state index is -4.21. The quantitative estimate of drug-likeness (QED) is 0.350. The van der Waals surface area contributed by atoms with Gasteiger partial charge in [0.05, 0.1) is 23.2 Å². The van der Waals surface area contributed by atoms with Crippen molar-refractivity contribution in [2.75, 3.05) is 25.0 Å². The van der Waals surface area contributed by atoms with Crippen LogP contribution in [0.3, 0.4) is 0 Å². The highest BCUT2D eigenvalue weighted by Gasteiger charge is 2.45. The Morgan fingerprint density at radius 2 is 1.83 bits per heavy atom. The topological polar surface area (TPSA) is 68.4 Å². The molecule has 3 aromatic rings. The van der Waals surface area contributed by atoms with E-state index in [0.29, 0.717) is 30.1 Å². The van der Waals surface area contributed by atoms with Crippen molar-refractivity contribution in [3.05, 3.63) is 59.8 Å². The molecule has 1 aromatic heterocycles. The first-order valence-corrected chi connectivity index (χ1v) is 11.7. The molecule has 36 heavy (non-hydrogen) atoms. The minimum absolute atomic E-state index is 0.112. The molecule has 0 atom stereocenters. The summed E-state index contributed by atoms with van der Waals surface area (Å²) in [5, 5.41) is 13.1. The van der Waals surface area contributed by atoms with Crippen molar-refractivity contribution in [3.63, 3.8) is 0 Å². The van der Waals surface area contributed by atoms with Crippen LogP contribution in [0.4, 0.5) is 27.6 Å². The van der Waals surface area contributed by atoms with Gasteiger partial charge in [0.15, 0.2) is 0 Å². The molecule has 5 rings (SSSR count). The molecule has 10 heteroatoms. The number of carbonyl (C=O) groups is 1. The van der Waals surface area contributed by atoms with E-state index in [4.69, 9.17) is 0 Å². The number of benzene rings is 2. The molecule has 1 saturated carbocycles. The second-order valence-corrected chi connectivity index (χ2v) is 9.76. The number of phenols is 1. The van der Waals surface area contributed by atoms with E-state index in [1.54, 1.807) is 48.4 Å². The molecule has 194 valence electrons. The maximum atomic E-state index is 12.4. The summed E-state index contributed by atoms with van der Waals surface area (Å²) in [5.41, 5.74) is 1.19. The number of phenolic OH excluding ortho intramolecular Hbond substituents is 1. The number of hydrogen-bond acceptors (Lipinski definition) is 3. The lowest BCUT2D eigenvalue weighted by Gasteiger charge is -2.46. The molecule has 1 aliphatic carbocycles. The van der Waals surface area contributed by atoms with E-state index in [1.165, 1.54) is 18.6 Å². The van der Waals surface area contributed by atoms with E-state index in [1.807, 2.05) is 0 Å². The van der Waals surface area contributed by atoms with Crippen LogP contribution in [0, 0.1) is 5.41 Å². The summed E-state index contributed by atoms with van der Waals surface area (Å²) in [4.78, 5) is 16.9. The van der Waals surface area contributed by atoms with E-state index < -0.39 is 23.6 Å². The zero-order valence-corrected chi connectivity index (χ0v) is 19.7. The number of amides is 1. The number of halogens is 5. The Morgan fingerprint density at radius 3 is 2.39 bits per heavy atom. The standard InChI is InChI=1S/C15H17F2N3O2.C11H11F3/c1-15(7-20(8-15)6-13(16)17)14(22)19-12-5-18-11-3-2-9(21)4-10(11)12;12-11(13,14)10-6-4-9(5-7-10)8-2-1-3-8/h2-5,13,18,21H,6-8H2,1H3,(H,19,22);4-8H,1-3H2. The van der Waals surface area contributed by atoms with Crippen molar-refractivity contribution in [2.45, 2.75) is 44.7 Å². The zero-order valence-electron chi connectivity index (χ0n) is 19.7. The molecule has 1 amide bonds. The SMILES string of the molecule is CC1(C(=O)Nc2c[nH]c3ccc(O)cc23)CN(CC(F)F)C1.FC(F)(F)c1ccc(C2CCC2)cc1. The lowest BCUT2D eigenvalue weighted by atomic mass is 9.80. The lowest BCUT2D eigenvalue weighted by Crippen LogP contribution is -2.61. The van der Waals surface area contributed by atoms with Gasteiger partial charge in [-0.05, 0) is 61.6 Å². The van der Waals surface area contributed by atoms with E-state index in [2.05, 4.69) is 10.3 Å². The van der Waals surface area contributed by atoms with Crippen molar-refractivity contribution in [3.8, 4) is 5.75 Å². The highest BCUT2D eigenvalue weighted by Crippen LogP contribution is 2.38. The Labute approximate surface area is 205 Å². The number of likely N-dealkylation sites (tertiary alicyclic amines) is 1. The molecule has 5 nitrogen and oxygen atoms in total. The van der Waals surface area contributed by atoms with Crippen LogP contribution >= 0.6 is 0 Å². The van der Waals surface area contributed by atoms with E-state index in [0.717, 1.165) is 23.9 Å². The molecule has 0 unspecified atom stereocenters. The molecule has 2 aromatic carbocycles. The molecule has 1 saturated heterocycles. The van der Waals surface area contributed by atoms with Crippen LogP contribution < -0.4 is 5.32 Å². The van der Waals surface area contributed by atoms with Gasteiger partial charge in [0.1, 0.15) is 5.75 Å². The van der Waals surface area contributed by atoms with E-state index in [9.17, 15) is 31.9 Å². The molecule has 0 bridgehead atoms. The van der Waals surface area contributed by atoms with Crippen LogP contribution in [0.5, 0.6) is 5.75 Å². The maximum Gasteiger partial charge on any atom is 0.416 e. The molecule has 3 N–H and O–H groups in total. The monoisotopic (exact) mass is 509 g/mol. The van der Waals surface area contributed by atoms with Gasteiger partial charge in [-0.3, -0.25) is 9.69 Å². The number of nitrogens with zero attached hydrogens (tertiary/aromatic N) is 1. The number of aromatic nitrogens is 1. The van der Waals surface area contributed by atoms with E-state index in [-0.39, 0.29) is 18.2 Å². The van der Waals surface area contributed by atoms with Crippen molar-refractivity contribution in [1.82, 2.24) is 9.88 Å². The summed E-state index contributed by atoms with van der Waals surface area (Å²) in [5.74, 6) is 0.403. The van der Waals surface area contributed by atoms with Gasteiger partial charge in [-0.2, -0.15) is 13.2 Å². The van der Waals surface area contributed by atoms with Gasteiger partial charge < -0.3 is 15.4 Å².